The second-order valence-electron chi connectivity index (χ2n) is 5.20. The first-order chi connectivity index (χ1) is 9.40. The van der Waals surface area contributed by atoms with Crippen LogP contribution in [0.4, 0.5) is 11.4 Å². The van der Waals surface area contributed by atoms with E-state index >= 15 is 0 Å². The van der Waals surface area contributed by atoms with Crippen molar-refractivity contribution in [3.05, 3.63) is 24.3 Å². The second-order valence-corrected chi connectivity index (χ2v) is 5.20. The van der Waals surface area contributed by atoms with Gasteiger partial charge in [-0.2, -0.15) is 0 Å². The van der Waals surface area contributed by atoms with Gasteiger partial charge in [-0.05, 0) is 45.2 Å². The van der Waals surface area contributed by atoms with Gasteiger partial charge in [0.2, 0.25) is 5.91 Å². The van der Waals surface area contributed by atoms with E-state index in [2.05, 4.69) is 0 Å². The van der Waals surface area contributed by atoms with Crippen molar-refractivity contribution >= 4 is 17.3 Å². The highest BCUT2D eigenvalue weighted by Crippen LogP contribution is 2.14. The molecule has 0 aliphatic heterocycles. The fraction of sp³-hybridized carbons (Fsp3) is 0.533. The summed E-state index contributed by atoms with van der Waals surface area (Å²) in [7, 11) is 3.69. The molecule has 0 aliphatic carbocycles. The van der Waals surface area contributed by atoms with E-state index < -0.39 is 0 Å². The zero-order valence-corrected chi connectivity index (χ0v) is 12.8. The molecule has 1 aromatic rings. The van der Waals surface area contributed by atoms with E-state index in [1.165, 1.54) is 0 Å². The maximum Gasteiger partial charge on any atom is 0.240 e. The van der Waals surface area contributed by atoms with Gasteiger partial charge in [-0.1, -0.05) is 0 Å². The van der Waals surface area contributed by atoms with Crippen molar-refractivity contribution in [2.24, 2.45) is 0 Å². The fourth-order valence-corrected chi connectivity index (χ4v) is 1.70. The average Bonchev–Trinajstić information content (AvgIpc) is 2.38. The maximum atomic E-state index is 12.1. The largest absolute Gasteiger partial charge is 0.399 e. The normalized spacial score (nSPS) is 11.1. The molecule has 0 saturated heterocycles. The van der Waals surface area contributed by atoms with E-state index in [0.717, 1.165) is 12.2 Å². The fourth-order valence-electron chi connectivity index (χ4n) is 1.70. The number of nitrogens with two attached hydrogens (primary N) is 1. The number of nitrogens with zero attached hydrogens (tertiary/aromatic N) is 2. The van der Waals surface area contributed by atoms with Gasteiger partial charge in [0.05, 0.1) is 19.3 Å². The van der Waals surface area contributed by atoms with Crippen molar-refractivity contribution in [1.29, 1.82) is 0 Å². The van der Waals surface area contributed by atoms with Gasteiger partial charge >= 0.3 is 0 Å². The van der Waals surface area contributed by atoms with Crippen LogP contribution in [0.2, 0.25) is 0 Å². The van der Waals surface area contributed by atoms with Crippen LogP contribution in [0.1, 0.15) is 13.8 Å². The van der Waals surface area contributed by atoms with Crippen molar-refractivity contribution in [3.8, 4) is 0 Å². The minimum absolute atomic E-state index is 0.0434. The number of carbonyl (C=O) groups is 1. The van der Waals surface area contributed by atoms with Gasteiger partial charge in [-0.15, -0.1) is 0 Å². The van der Waals surface area contributed by atoms with Gasteiger partial charge in [0.25, 0.3) is 0 Å². The van der Waals surface area contributed by atoms with Gasteiger partial charge in [0.15, 0.2) is 0 Å². The Hall–Kier alpha value is -1.59. The zero-order valence-electron chi connectivity index (χ0n) is 12.8. The Kier molecular flexibility index (Phi) is 6.48. The number of rotatable bonds is 7. The predicted molar refractivity (Wildman–Crippen MR) is 82.8 cm³/mol. The van der Waals surface area contributed by atoms with Crippen molar-refractivity contribution in [1.82, 2.24) is 4.90 Å². The van der Waals surface area contributed by atoms with Gasteiger partial charge in [-0.25, -0.2) is 0 Å². The number of amides is 1. The molecule has 0 aliphatic rings. The van der Waals surface area contributed by atoms with E-state index in [0.29, 0.717) is 18.8 Å². The van der Waals surface area contributed by atoms with Gasteiger partial charge in [0.1, 0.15) is 0 Å². The molecule has 0 spiro atoms. The summed E-state index contributed by atoms with van der Waals surface area (Å²) in [4.78, 5) is 15.7. The maximum absolute atomic E-state index is 12.1. The first-order valence-corrected chi connectivity index (χ1v) is 6.82. The minimum atomic E-state index is 0.0434. The van der Waals surface area contributed by atoms with Crippen LogP contribution in [0.3, 0.4) is 0 Å². The molecule has 0 atom stereocenters. The van der Waals surface area contributed by atoms with Gasteiger partial charge in [-0.3, -0.25) is 9.69 Å². The number of hydrogen-bond acceptors (Lipinski definition) is 4. The summed E-state index contributed by atoms with van der Waals surface area (Å²) < 4.78 is 5.47. The molecule has 0 aromatic heterocycles. The molecule has 0 heterocycles. The molecule has 0 unspecified atom stereocenters. The molecular formula is C15H25N3O2. The summed E-state index contributed by atoms with van der Waals surface area (Å²) in [6.07, 6.45) is 0.219. The molecular weight excluding hydrogens is 254 g/mol. The summed E-state index contributed by atoms with van der Waals surface area (Å²) in [5.41, 5.74) is 7.17. The number of benzene rings is 1. The molecule has 5 nitrogen and oxygen atoms in total. The molecule has 5 heteroatoms. The molecule has 0 saturated carbocycles. The Morgan fingerprint density at radius 1 is 1.25 bits per heavy atom. The number of ether oxygens (including phenoxy) is 1. The van der Waals surface area contributed by atoms with Crippen LogP contribution < -0.4 is 10.6 Å². The third-order valence-electron chi connectivity index (χ3n) is 2.98. The highest BCUT2D eigenvalue weighted by Gasteiger charge is 2.13. The lowest BCUT2D eigenvalue weighted by Crippen LogP contribution is -2.38. The number of hydrogen-bond donors (Lipinski definition) is 1. The smallest absolute Gasteiger partial charge is 0.240 e. The second kappa shape index (κ2) is 7.87. The molecule has 0 bridgehead atoms. The van der Waals surface area contributed by atoms with Crippen molar-refractivity contribution < 1.29 is 9.53 Å². The summed E-state index contributed by atoms with van der Waals surface area (Å²) in [5, 5.41) is 0. The number of carbonyl (C=O) groups excluding carboxylic acids is 1. The lowest BCUT2D eigenvalue weighted by molar-refractivity contribution is -0.119. The Bertz CT molecular complexity index is 418. The Balaban J connectivity index is 2.43. The molecule has 2 N–H and O–H groups in total. The standard InChI is InChI=1S/C15H25N3O2/c1-12(2)20-10-9-17(3)11-15(19)18(4)14-7-5-13(16)6-8-14/h5-8,12H,9-11,16H2,1-4H3. The van der Waals surface area contributed by atoms with Crippen molar-refractivity contribution in [2.45, 2.75) is 20.0 Å². The van der Waals surface area contributed by atoms with Crippen LogP contribution in [-0.4, -0.2) is 50.7 Å². The predicted octanol–water partition coefficient (Wildman–Crippen LogP) is 1.59. The first kappa shape index (κ1) is 16.5. The summed E-state index contributed by atoms with van der Waals surface area (Å²) in [5.74, 6) is 0.0434. The molecule has 1 aromatic carbocycles. The Morgan fingerprint density at radius 2 is 1.85 bits per heavy atom. The average molecular weight is 279 g/mol. The van der Waals surface area contributed by atoms with E-state index in [1.54, 1.807) is 24.1 Å². The molecule has 1 amide bonds. The highest BCUT2D eigenvalue weighted by molar-refractivity contribution is 5.94. The van der Waals surface area contributed by atoms with Crippen molar-refractivity contribution in [2.75, 3.05) is 44.4 Å². The molecule has 0 fully saturated rings. The van der Waals surface area contributed by atoms with Crippen molar-refractivity contribution in [3.63, 3.8) is 0 Å². The monoisotopic (exact) mass is 279 g/mol. The number of anilines is 2. The van der Waals surface area contributed by atoms with E-state index in [4.69, 9.17) is 10.5 Å². The molecule has 1 rings (SSSR count). The quantitative estimate of drug-likeness (QED) is 0.770. The van der Waals surface area contributed by atoms with E-state index in [1.807, 2.05) is 37.9 Å². The SMILES string of the molecule is CC(C)OCCN(C)CC(=O)N(C)c1ccc(N)cc1. The van der Waals surface area contributed by atoms with Crippen LogP contribution in [-0.2, 0) is 9.53 Å². The van der Waals surface area contributed by atoms with E-state index in [-0.39, 0.29) is 12.0 Å². The minimum Gasteiger partial charge on any atom is -0.399 e. The topological polar surface area (TPSA) is 58.8 Å². The summed E-state index contributed by atoms with van der Waals surface area (Å²) >= 11 is 0. The summed E-state index contributed by atoms with van der Waals surface area (Å²) in [6, 6.07) is 7.27. The number of likely N-dealkylation sites (N-methyl/N-ethyl adjacent to an activating group) is 2. The molecule has 112 valence electrons. The van der Waals surface area contributed by atoms with Crippen LogP contribution in [0.5, 0.6) is 0 Å². The van der Waals surface area contributed by atoms with Crippen LogP contribution in [0, 0.1) is 0 Å². The zero-order chi connectivity index (χ0) is 15.1. The van der Waals surface area contributed by atoms with Crippen LogP contribution >= 0.6 is 0 Å². The number of nitrogen functional groups attached to an aromatic ring is 1. The summed E-state index contributed by atoms with van der Waals surface area (Å²) in [6.45, 7) is 5.73. The third-order valence-corrected chi connectivity index (χ3v) is 2.98. The lowest BCUT2D eigenvalue weighted by atomic mass is 10.2. The van der Waals surface area contributed by atoms with Crippen LogP contribution in [0.25, 0.3) is 0 Å². The van der Waals surface area contributed by atoms with Crippen LogP contribution in [0.15, 0.2) is 24.3 Å². The lowest BCUT2D eigenvalue weighted by Gasteiger charge is -2.22. The molecule has 20 heavy (non-hydrogen) atoms. The van der Waals surface area contributed by atoms with Gasteiger partial charge in [0, 0.05) is 25.0 Å². The Labute approximate surface area is 121 Å². The van der Waals surface area contributed by atoms with Gasteiger partial charge < -0.3 is 15.4 Å². The first-order valence-electron chi connectivity index (χ1n) is 6.82. The molecule has 0 radical (unpaired) electrons. The Morgan fingerprint density at radius 3 is 2.40 bits per heavy atom. The van der Waals surface area contributed by atoms with E-state index in [9.17, 15) is 4.79 Å². The highest BCUT2D eigenvalue weighted by atomic mass is 16.5. The third kappa shape index (κ3) is 5.59.